The molecular formula is C14H20N4O3S. The maximum absolute atomic E-state index is 12.9. The largest absolute Gasteiger partial charge is 0.336 e. The summed E-state index contributed by atoms with van der Waals surface area (Å²) in [7, 11) is -3.60. The maximum atomic E-state index is 12.9. The fourth-order valence-corrected chi connectivity index (χ4v) is 4.59. The van der Waals surface area contributed by atoms with Crippen LogP contribution in [0.2, 0.25) is 0 Å². The molecule has 3 rings (SSSR count). The third-order valence-electron chi connectivity index (χ3n) is 4.17. The van der Waals surface area contributed by atoms with Crippen LogP contribution < -0.4 is 5.73 Å². The highest BCUT2D eigenvalue weighted by Gasteiger charge is 2.33. The van der Waals surface area contributed by atoms with E-state index >= 15 is 0 Å². The zero-order valence-corrected chi connectivity index (χ0v) is 13.3. The Morgan fingerprint density at radius 2 is 2.27 bits per heavy atom. The number of nitrogens with zero attached hydrogens (tertiary/aromatic N) is 3. The first kappa shape index (κ1) is 15.4. The number of hydrogen-bond acceptors (Lipinski definition) is 6. The van der Waals surface area contributed by atoms with Crippen molar-refractivity contribution in [2.24, 2.45) is 5.73 Å². The fraction of sp³-hybridized carbons (Fsp3) is 0.571. The van der Waals surface area contributed by atoms with Gasteiger partial charge >= 0.3 is 0 Å². The van der Waals surface area contributed by atoms with Gasteiger partial charge in [0.2, 0.25) is 10.0 Å². The second-order valence-corrected chi connectivity index (χ2v) is 7.40. The first-order valence-corrected chi connectivity index (χ1v) is 8.98. The third-order valence-corrected chi connectivity index (χ3v) is 6.08. The average Bonchev–Trinajstić information content (AvgIpc) is 2.97. The quantitative estimate of drug-likeness (QED) is 0.909. The van der Waals surface area contributed by atoms with Crippen molar-refractivity contribution >= 4 is 21.1 Å². The van der Waals surface area contributed by atoms with E-state index in [0.29, 0.717) is 36.3 Å². The number of fused-ring (bicyclic) bond motifs is 1. The van der Waals surface area contributed by atoms with Crippen LogP contribution in [0.4, 0.5) is 0 Å². The lowest BCUT2D eigenvalue weighted by molar-refractivity contribution is 0.257. The number of aromatic nitrogens is 2. The van der Waals surface area contributed by atoms with Crippen molar-refractivity contribution in [1.82, 2.24) is 14.4 Å². The van der Waals surface area contributed by atoms with Crippen LogP contribution in [0.3, 0.4) is 0 Å². The Morgan fingerprint density at radius 3 is 3.00 bits per heavy atom. The first-order chi connectivity index (χ1) is 10.6. The molecule has 2 aromatic rings. The van der Waals surface area contributed by atoms with Crippen molar-refractivity contribution in [3.05, 3.63) is 18.0 Å². The highest BCUT2D eigenvalue weighted by molar-refractivity contribution is 7.89. The minimum atomic E-state index is -3.60. The molecule has 1 fully saturated rings. The fourth-order valence-electron chi connectivity index (χ4n) is 2.92. The Kier molecular flexibility index (Phi) is 4.16. The zero-order chi connectivity index (χ0) is 15.7. The highest BCUT2D eigenvalue weighted by atomic mass is 32.2. The molecule has 8 heteroatoms. The van der Waals surface area contributed by atoms with Gasteiger partial charge in [-0.1, -0.05) is 18.5 Å². The van der Waals surface area contributed by atoms with Gasteiger partial charge in [-0.3, -0.25) is 0 Å². The van der Waals surface area contributed by atoms with Gasteiger partial charge in [-0.05, 0) is 25.3 Å². The van der Waals surface area contributed by atoms with Gasteiger partial charge in [0.15, 0.2) is 0 Å². The van der Waals surface area contributed by atoms with E-state index in [1.807, 2.05) is 6.92 Å². The Bertz CT molecular complexity index is 771. The van der Waals surface area contributed by atoms with Crippen LogP contribution in [0.25, 0.3) is 11.1 Å². The molecule has 2 N–H and O–H groups in total. The minimum Gasteiger partial charge on any atom is -0.336 e. The Labute approximate surface area is 129 Å². The van der Waals surface area contributed by atoms with Gasteiger partial charge in [0.25, 0.3) is 5.71 Å². The summed E-state index contributed by atoms with van der Waals surface area (Å²) < 4.78 is 32.4. The van der Waals surface area contributed by atoms with Crippen molar-refractivity contribution in [3.63, 3.8) is 0 Å². The normalized spacial score (nSPS) is 20.5. The summed E-state index contributed by atoms with van der Waals surface area (Å²) >= 11 is 0. The third kappa shape index (κ3) is 2.51. The van der Waals surface area contributed by atoms with E-state index in [-0.39, 0.29) is 10.9 Å². The van der Waals surface area contributed by atoms with Gasteiger partial charge in [0.05, 0.1) is 17.3 Å². The minimum absolute atomic E-state index is 0.137. The van der Waals surface area contributed by atoms with Gasteiger partial charge in [0, 0.05) is 19.1 Å². The smallest absolute Gasteiger partial charge is 0.258 e. The van der Waals surface area contributed by atoms with Gasteiger partial charge in [-0.25, -0.2) is 13.4 Å². The van der Waals surface area contributed by atoms with E-state index in [4.69, 9.17) is 10.3 Å². The second kappa shape index (κ2) is 5.94. The Morgan fingerprint density at radius 1 is 1.45 bits per heavy atom. The summed E-state index contributed by atoms with van der Waals surface area (Å²) in [6.45, 7) is 2.78. The molecule has 0 aliphatic carbocycles. The molecule has 1 unspecified atom stereocenters. The SMILES string of the molecule is CCc1noc2ncc(S(=O)(=O)N3CCCCC3CN)cc12. The van der Waals surface area contributed by atoms with Gasteiger partial charge in [-0.15, -0.1) is 0 Å². The van der Waals surface area contributed by atoms with E-state index in [0.717, 1.165) is 19.3 Å². The molecule has 0 radical (unpaired) electrons. The summed E-state index contributed by atoms with van der Waals surface area (Å²) in [4.78, 5) is 4.27. The van der Waals surface area contributed by atoms with E-state index in [9.17, 15) is 8.42 Å². The molecule has 0 spiro atoms. The molecule has 1 saturated heterocycles. The molecule has 3 heterocycles. The van der Waals surface area contributed by atoms with Crippen molar-refractivity contribution in [2.45, 2.75) is 43.5 Å². The second-order valence-electron chi connectivity index (χ2n) is 5.51. The number of hydrogen-bond donors (Lipinski definition) is 1. The molecule has 0 amide bonds. The number of piperidine rings is 1. The lowest BCUT2D eigenvalue weighted by Gasteiger charge is -2.33. The topological polar surface area (TPSA) is 102 Å². The molecule has 0 aromatic carbocycles. The summed E-state index contributed by atoms with van der Waals surface area (Å²) in [5.74, 6) is 0. The Balaban J connectivity index is 2.04. The van der Waals surface area contributed by atoms with E-state index in [2.05, 4.69) is 10.1 Å². The summed E-state index contributed by atoms with van der Waals surface area (Å²) in [5, 5.41) is 4.57. The Hall–Kier alpha value is -1.51. The standard InChI is InChI=1S/C14H20N4O3S/c1-2-13-12-7-11(9-16-14(12)21-17-13)22(19,20)18-6-4-3-5-10(18)8-15/h7,9-10H,2-6,8,15H2,1H3. The number of rotatable bonds is 4. The van der Waals surface area contributed by atoms with Crippen LogP contribution in [0.1, 0.15) is 31.9 Å². The molecular weight excluding hydrogens is 304 g/mol. The lowest BCUT2D eigenvalue weighted by atomic mass is 10.1. The predicted octanol–water partition coefficient (Wildman–Crippen LogP) is 1.29. The molecule has 2 aromatic heterocycles. The summed E-state index contributed by atoms with van der Waals surface area (Å²) in [6, 6.07) is 1.47. The number of nitrogens with two attached hydrogens (primary N) is 1. The molecule has 0 saturated carbocycles. The van der Waals surface area contributed by atoms with Crippen LogP contribution >= 0.6 is 0 Å². The molecule has 0 bridgehead atoms. The number of aryl methyl sites for hydroxylation is 1. The summed E-state index contributed by atoms with van der Waals surface area (Å²) in [5.41, 5.74) is 6.82. The van der Waals surface area contributed by atoms with E-state index < -0.39 is 10.0 Å². The van der Waals surface area contributed by atoms with Crippen molar-refractivity contribution in [3.8, 4) is 0 Å². The van der Waals surface area contributed by atoms with Crippen LogP contribution in [0.5, 0.6) is 0 Å². The monoisotopic (exact) mass is 324 g/mol. The van der Waals surface area contributed by atoms with Crippen molar-refractivity contribution in [2.75, 3.05) is 13.1 Å². The van der Waals surface area contributed by atoms with Crippen LogP contribution in [0, 0.1) is 0 Å². The van der Waals surface area contributed by atoms with Crippen LogP contribution in [0.15, 0.2) is 21.7 Å². The lowest BCUT2D eigenvalue weighted by Crippen LogP contribution is -2.47. The predicted molar refractivity (Wildman–Crippen MR) is 81.8 cm³/mol. The molecule has 1 atom stereocenters. The molecule has 7 nitrogen and oxygen atoms in total. The molecule has 120 valence electrons. The van der Waals surface area contributed by atoms with Gasteiger partial charge in [0.1, 0.15) is 4.90 Å². The first-order valence-electron chi connectivity index (χ1n) is 7.54. The molecule has 1 aliphatic heterocycles. The van der Waals surface area contributed by atoms with Crippen LogP contribution in [-0.2, 0) is 16.4 Å². The average molecular weight is 324 g/mol. The number of pyridine rings is 1. The highest BCUT2D eigenvalue weighted by Crippen LogP contribution is 2.27. The van der Waals surface area contributed by atoms with E-state index in [1.54, 1.807) is 6.07 Å². The van der Waals surface area contributed by atoms with Gasteiger partial charge < -0.3 is 10.3 Å². The van der Waals surface area contributed by atoms with Crippen molar-refractivity contribution in [1.29, 1.82) is 0 Å². The van der Waals surface area contributed by atoms with Gasteiger partial charge in [-0.2, -0.15) is 4.31 Å². The van der Waals surface area contributed by atoms with Crippen LogP contribution in [-0.4, -0.2) is 42.0 Å². The van der Waals surface area contributed by atoms with E-state index in [1.165, 1.54) is 10.5 Å². The summed E-state index contributed by atoms with van der Waals surface area (Å²) in [6.07, 6.45) is 4.67. The number of sulfonamides is 1. The molecule has 1 aliphatic rings. The molecule has 22 heavy (non-hydrogen) atoms. The maximum Gasteiger partial charge on any atom is 0.258 e. The zero-order valence-electron chi connectivity index (χ0n) is 12.5. The van der Waals surface area contributed by atoms with Crippen molar-refractivity contribution < 1.29 is 12.9 Å².